The Morgan fingerprint density at radius 2 is 0.684 bits per heavy atom. The molecule has 0 saturated carbocycles. The van der Waals surface area contributed by atoms with Gasteiger partial charge in [0, 0.05) is 32.9 Å². The van der Waals surface area contributed by atoms with E-state index in [1.807, 2.05) is 0 Å². The minimum Gasteiger partial charge on any atom is -0.309 e. The van der Waals surface area contributed by atoms with Gasteiger partial charge in [0.25, 0.3) is 0 Å². The molecule has 0 bridgehead atoms. The molecule has 12 aromatic carbocycles. The molecule has 0 unspecified atom stereocenters. The Morgan fingerprint density at radius 3 is 1.28 bits per heavy atom. The molecule has 76 heavy (non-hydrogen) atoms. The Kier molecular flexibility index (Phi) is 10.2. The van der Waals surface area contributed by atoms with E-state index in [0.29, 0.717) is 0 Å². The fourth-order valence-corrected chi connectivity index (χ4v) is 18.3. The van der Waals surface area contributed by atoms with E-state index in [-0.39, 0.29) is 0 Å². The van der Waals surface area contributed by atoms with E-state index in [9.17, 15) is 0 Å². The van der Waals surface area contributed by atoms with Gasteiger partial charge in [-0.2, -0.15) is 0 Å². The van der Waals surface area contributed by atoms with Crippen molar-refractivity contribution in [3.05, 3.63) is 326 Å². The second-order valence-electron chi connectivity index (χ2n) is 20.3. The van der Waals surface area contributed by atoms with Crippen molar-refractivity contribution in [3.8, 4) is 33.6 Å². The number of rotatable bonds is 9. The molecular weight excluding hydrogens is 933 g/mol. The van der Waals surface area contributed by atoms with Crippen molar-refractivity contribution in [1.82, 2.24) is 9.13 Å². The van der Waals surface area contributed by atoms with Crippen LogP contribution in [0.5, 0.6) is 0 Å². The standard InChI is InChI=1S/C73H50N2Si/c1-6-24-52(25-7-1)73(53-26-8-2-9-27-53)67-41-19-16-36-61(67)64-40-23-39-60(72(64)73)51-44-46-70-65(48-51)62-37-17-20-42-68(62)75(70)55-45-47-71-66(50-55)63-38-18-21-43-69(63)74(71)54-28-22-35-59(49-54)76(56-29-10-3-11-30-56,57-31-12-4-13-32-57)58-33-14-5-15-34-58/h1-50H. The smallest absolute Gasteiger partial charge is 0.179 e. The highest BCUT2D eigenvalue weighted by atomic mass is 28.3. The molecule has 0 atom stereocenters. The third kappa shape index (κ3) is 6.40. The van der Waals surface area contributed by atoms with Gasteiger partial charge in [-0.15, -0.1) is 0 Å². The maximum atomic E-state index is 2.48. The lowest BCUT2D eigenvalue weighted by atomic mass is 9.66. The third-order valence-corrected chi connectivity index (χ3v) is 21.3. The number of fused-ring (bicyclic) bond motifs is 9. The minimum atomic E-state index is -2.78. The lowest BCUT2D eigenvalue weighted by Gasteiger charge is -2.35. The van der Waals surface area contributed by atoms with Crippen LogP contribution in [0.3, 0.4) is 0 Å². The molecule has 0 fully saturated rings. The Morgan fingerprint density at radius 1 is 0.263 bits per heavy atom. The van der Waals surface area contributed by atoms with Crippen LogP contribution in [0.15, 0.2) is 303 Å². The minimum absolute atomic E-state index is 0.513. The predicted octanol–water partition coefficient (Wildman–Crippen LogP) is 15.3. The molecule has 3 heteroatoms. The normalized spacial score (nSPS) is 12.8. The Hall–Kier alpha value is -9.54. The van der Waals surface area contributed by atoms with Crippen LogP contribution in [0.25, 0.3) is 77.2 Å². The summed E-state index contributed by atoms with van der Waals surface area (Å²) >= 11 is 0. The molecule has 15 rings (SSSR count). The second kappa shape index (κ2) is 17.6. The molecule has 0 radical (unpaired) electrons. The number of hydrogen-bond acceptors (Lipinski definition) is 0. The van der Waals surface area contributed by atoms with Gasteiger partial charge in [-0.25, -0.2) is 0 Å². The molecule has 1 aliphatic rings. The van der Waals surface area contributed by atoms with Gasteiger partial charge in [-0.1, -0.05) is 249 Å². The summed E-state index contributed by atoms with van der Waals surface area (Å²) < 4.78 is 4.96. The quantitative estimate of drug-likeness (QED) is 0.101. The van der Waals surface area contributed by atoms with E-state index >= 15 is 0 Å². The van der Waals surface area contributed by atoms with Crippen molar-refractivity contribution >= 4 is 72.4 Å². The van der Waals surface area contributed by atoms with Crippen LogP contribution in [0, 0.1) is 0 Å². The SMILES string of the molecule is c1ccc(C2(c3ccccc3)c3ccccc3-c3cccc(-c4ccc5c(c4)c4ccccc4n5-c4ccc5c(c4)c4ccccc4n5-c4cccc([Si](c5ccccc5)(c5ccccc5)c5ccccc5)c4)c32)cc1. The highest BCUT2D eigenvalue weighted by molar-refractivity contribution is 7.19. The van der Waals surface area contributed by atoms with Crippen LogP contribution in [0.4, 0.5) is 0 Å². The summed E-state index contributed by atoms with van der Waals surface area (Å²) in [7, 11) is -2.78. The van der Waals surface area contributed by atoms with Gasteiger partial charge in [0.15, 0.2) is 8.07 Å². The molecule has 2 nitrogen and oxygen atoms in total. The van der Waals surface area contributed by atoms with E-state index in [1.165, 1.54) is 109 Å². The summed E-state index contributed by atoms with van der Waals surface area (Å²) in [4.78, 5) is 0. The molecular formula is C73H50N2Si. The van der Waals surface area contributed by atoms with Crippen molar-refractivity contribution in [2.24, 2.45) is 0 Å². The maximum Gasteiger partial charge on any atom is 0.179 e. The van der Waals surface area contributed by atoms with Crippen molar-refractivity contribution in [2.45, 2.75) is 5.41 Å². The van der Waals surface area contributed by atoms with Gasteiger partial charge in [0.05, 0.1) is 27.5 Å². The van der Waals surface area contributed by atoms with Crippen LogP contribution < -0.4 is 20.7 Å². The first-order valence-corrected chi connectivity index (χ1v) is 28.4. The number of aromatic nitrogens is 2. The van der Waals surface area contributed by atoms with Crippen LogP contribution >= 0.6 is 0 Å². The number of para-hydroxylation sites is 2. The summed E-state index contributed by atoms with van der Waals surface area (Å²) in [6, 6.07) is 113. The summed E-state index contributed by atoms with van der Waals surface area (Å²) in [5.74, 6) is 0. The van der Waals surface area contributed by atoms with Gasteiger partial charge in [0.2, 0.25) is 0 Å². The topological polar surface area (TPSA) is 9.86 Å². The first kappa shape index (κ1) is 44.0. The molecule has 0 aliphatic heterocycles. The van der Waals surface area contributed by atoms with E-state index in [2.05, 4.69) is 312 Å². The monoisotopic (exact) mass is 982 g/mol. The maximum absolute atomic E-state index is 2.78. The van der Waals surface area contributed by atoms with Crippen molar-refractivity contribution in [1.29, 1.82) is 0 Å². The molecule has 356 valence electrons. The molecule has 2 heterocycles. The molecule has 0 spiro atoms. The average Bonchev–Trinajstić information content (AvgIpc) is 4.17. The fraction of sp³-hybridized carbons (Fsp3) is 0.0137. The van der Waals surface area contributed by atoms with E-state index < -0.39 is 13.5 Å². The van der Waals surface area contributed by atoms with Crippen molar-refractivity contribution < 1.29 is 0 Å². The zero-order valence-electron chi connectivity index (χ0n) is 41.8. The van der Waals surface area contributed by atoms with Gasteiger partial charge in [-0.3, -0.25) is 0 Å². The molecule has 1 aliphatic carbocycles. The number of hydrogen-bond donors (Lipinski definition) is 0. The number of nitrogens with zero attached hydrogens (tertiary/aromatic N) is 2. The van der Waals surface area contributed by atoms with Crippen LogP contribution in [-0.4, -0.2) is 17.2 Å². The zero-order valence-corrected chi connectivity index (χ0v) is 42.8. The molecule has 0 amide bonds. The number of benzene rings is 12. The summed E-state index contributed by atoms with van der Waals surface area (Å²) in [6.07, 6.45) is 0. The first-order chi connectivity index (χ1) is 37.7. The van der Waals surface area contributed by atoms with Crippen molar-refractivity contribution in [2.75, 3.05) is 0 Å². The Bertz CT molecular complexity index is 4360. The van der Waals surface area contributed by atoms with Crippen LogP contribution in [-0.2, 0) is 5.41 Å². The molecule has 2 aromatic heterocycles. The second-order valence-corrected chi connectivity index (χ2v) is 24.1. The van der Waals surface area contributed by atoms with Gasteiger partial charge in [0.1, 0.15) is 0 Å². The fourth-order valence-electron chi connectivity index (χ4n) is 13.5. The lowest BCUT2D eigenvalue weighted by molar-refractivity contribution is 0.770. The molecule has 0 N–H and O–H groups in total. The first-order valence-electron chi connectivity index (χ1n) is 26.4. The molecule has 14 aromatic rings. The highest BCUT2D eigenvalue weighted by Crippen LogP contribution is 2.59. The predicted molar refractivity (Wildman–Crippen MR) is 321 cm³/mol. The van der Waals surface area contributed by atoms with Gasteiger partial charge in [-0.05, 0) is 120 Å². The van der Waals surface area contributed by atoms with E-state index in [0.717, 1.165) is 11.4 Å². The average molecular weight is 983 g/mol. The van der Waals surface area contributed by atoms with Gasteiger partial charge >= 0.3 is 0 Å². The zero-order chi connectivity index (χ0) is 50.2. The summed E-state index contributed by atoms with van der Waals surface area (Å²) in [6.45, 7) is 0. The van der Waals surface area contributed by atoms with Crippen LogP contribution in [0.1, 0.15) is 22.3 Å². The Labute approximate surface area is 443 Å². The largest absolute Gasteiger partial charge is 0.309 e. The van der Waals surface area contributed by atoms with E-state index in [4.69, 9.17) is 0 Å². The Balaban J connectivity index is 0.912. The highest BCUT2D eigenvalue weighted by Gasteiger charge is 2.47. The van der Waals surface area contributed by atoms with Crippen molar-refractivity contribution in [3.63, 3.8) is 0 Å². The van der Waals surface area contributed by atoms with Crippen LogP contribution in [0.2, 0.25) is 0 Å². The third-order valence-electron chi connectivity index (χ3n) is 16.5. The molecule has 0 saturated heterocycles. The summed E-state index contributed by atoms with van der Waals surface area (Å²) in [5.41, 5.74) is 16.7. The lowest BCUT2D eigenvalue weighted by Crippen LogP contribution is -2.74. The van der Waals surface area contributed by atoms with E-state index in [1.54, 1.807) is 0 Å². The van der Waals surface area contributed by atoms with Gasteiger partial charge < -0.3 is 9.13 Å². The summed E-state index contributed by atoms with van der Waals surface area (Å²) in [5, 5.41) is 10.3.